The molecule has 0 fully saturated rings. The minimum Gasteiger partial charge on any atom is -0.208 e. The second-order valence-corrected chi connectivity index (χ2v) is 16.1. The number of aromatic nitrogens is 3. The molecule has 0 aliphatic heterocycles. The summed E-state index contributed by atoms with van der Waals surface area (Å²) in [6, 6.07) is 59.0. The first-order valence-corrected chi connectivity index (χ1v) is 19.7. The van der Waals surface area contributed by atoms with Crippen molar-refractivity contribution in [3.63, 3.8) is 0 Å². The SMILES string of the molecule is c1ccc(-c2nc(-c3ccc4c(c3)sc3ccccc34)nc(-c3c4c(cc5c6ccccc6c6ccccc6c35)sc3cc5ccccc5cc34)n2)cc1. The Hall–Kier alpha value is -6.53. The van der Waals surface area contributed by atoms with Gasteiger partial charge in [0.25, 0.3) is 0 Å². The van der Waals surface area contributed by atoms with Gasteiger partial charge in [-0.15, -0.1) is 22.7 Å². The monoisotopic (exact) mass is 721 g/mol. The summed E-state index contributed by atoms with van der Waals surface area (Å²) in [7, 11) is 0. The van der Waals surface area contributed by atoms with Crippen molar-refractivity contribution in [3.05, 3.63) is 164 Å². The van der Waals surface area contributed by atoms with Crippen molar-refractivity contribution in [2.45, 2.75) is 0 Å². The summed E-state index contributed by atoms with van der Waals surface area (Å²) in [4.78, 5) is 16.1. The molecule has 9 aromatic carbocycles. The van der Waals surface area contributed by atoms with Crippen LogP contribution in [0.3, 0.4) is 0 Å². The van der Waals surface area contributed by atoms with Gasteiger partial charge >= 0.3 is 0 Å². The van der Waals surface area contributed by atoms with Crippen molar-refractivity contribution in [1.29, 1.82) is 0 Å². The first-order chi connectivity index (χ1) is 26.7. The maximum absolute atomic E-state index is 5.48. The van der Waals surface area contributed by atoms with Crippen LogP contribution in [0.5, 0.6) is 0 Å². The molecular formula is C49H27N3S2. The molecular weight excluding hydrogens is 695 g/mol. The molecule has 0 amide bonds. The molecule has 3 aromatic heterocycles. The number of fused-ring (bicyclic) bond motifs is 13. The Morgan fingerprint density at radius 1 is 0.296 bits per heavy atom. The quantitative estimate of drug-likeness (QED) is 0.171. The van der Waals surface area contributed by atoms with E-state index in [2.05, 4.69) is 158 Å². The Bertz CT molecular complexity index is 3510. The smallest absolute Gasteiger partial charge is 0.165 e. The highest BCUT2D eigenvalue weighted by atomic mass is 32.1. The molecule has 0 bridgehead atoms. The van der Waals surface area contributed by atoms with Gasteiger partial charge in [0, 0.05) is 62.4 Å². The van der Waals surface area contributed by atoms with E-state index in [-0.39, 0.29) is 0 Å². The maximum atomic E-state index is 5.48. The first-order valence-electron chi connectivity index (χ1n) is 18.1. The molecule has 0 spiro atoms. The third-order valence-electron chi connectivity index (χ3n) is 10.9. The minimum absolute atomic E-state index is 0.660. The zero-order valence-electron chi connectivity index (χ0n) is 28.7. The standard InChI is InChI=1S/C49H27N3S2/c1-2-12-28(13-3-1)47-50-48(31-22-23-36-35-19-10-11-21-40(35)53-41(36)26-31)52-49(51-47)46-44-37-20-9-8-17-33(37)32-16-6-7-18-34(32)38(44)27-43-45(46)39-24-29-14-4-5-15-30(29)25-42(39)54-43/h1-27H. The van der Waals surface area contributed by atoms with Crippen LogP contribution >= 0.6 is 22.7 Å². The van der Waals surface area contributed by atoms with Gasteiger partial charge in [-0.3, -0.25) is 0 Å². The molecule has 0 N–H and O–H groups in total. The van der Waals surface area contributed by atoms with E-state index in [0.717, 1.165) is 16.7 Å². The second-order valence-electron chi connectivity index (χ2n) is 13.9. The van der Waals surface area contributed by atoms with Gasteiger partial charge in [0.1, 0.15) is 0 Å². The highest BCUT2D eigenvalue weighted by molar-refractivity contribution is 7.26. The largest absolute Gasteiger partial charge is 0.208 e. The summed E-state index contributed by atoms with van der Waals surface area (Å²) in [5, 5.41) is 14.7. The third kappa shape index (κ3) is 4.43. The molecule has 12 rings (SSSR count). The van der Waals surface area contributed by atoms with Crippen LogP contribution in [0, 0.1) is 0 Å². The Balaban J connectivity index is 1.26. The maximum Gasteiger partial charge on any atom is 0.165 e. The number of nitrogens with zero attached hydrogens (tertiary/aromatic N) is 3. The van der Waals surface area contributed by atoms with Gasteiger partial charge in [-0.1, -0.05) is 133 Å². The molecule has 0 aliphatic rings. The van der Waals surface area contributed by atoms with Gasteiger partial charge in [0.2, 0.25) is 0 Å². The van der Waals surface area contributed by atoms with Crippen molar-refractivity contribution in [1.82, 2.24) is 15.0 Å². The van der Waals surface area contributed by atoms with E-state index in [1.807, 2.05) is 28.7 Å². The topological polar surface area (TPSA) is 38.7 Å². The van der Waals surface area contributed by atoms with E-state index in [0.29, 0.717) is 17.5 Å². The average molecular weight is 722 g/mol. The second kappa shape index (κ2) is 11.5. The number of rotatable bonds is 3. The number of hydrogen-bond acceptors (Lipinski definition) is 5. The first kappa shape index (κ1) is 30.0. The van der Waals surface area contributed by atoms with Gasteiger partial charge in [-0.05, 0) is 68.0 Å². The molecule has 0 saturated carbocycles. The van der Waals surface area contributed by atoms with Crippen LogP contribution in [0.1, 0.15) is 0 Å². The highest BCUT2D eigenvalue weighted by Crippen LogP contribution is 2.49. The molecule has 0 saturated heterocycles. The Morgan fingerprint density at radius 2 is 0.852 bits per heavy atom. The summed E-state index contributed by atoms with van der Waals surface area (Å²) in [5.41, 5.74) is 2.98. The summed E-state index contributed by atoms with van der Waals surface area (Å²) in [6.07, 6.45) is 0. The molecule has 12 aromatic rings. The van der Waals surface area contributed by atoms with Crippen molar-refractivity contribution >= 4 is 106 Å². The van der Waals surface area contributed by atoms with Gasteiger partial charge < -0.3 is 0 Å². The van der Waals surface area contributed by atoms with Crippen LogP contribution < -0.4 is 0 Å². The fraction of sp³-hybridized carbons (Fsp3) is 0. The van der Waals surface area contributed by atoms with E-state index in [9.17, 15) is 0 Å². The zero-order chi connectivity index (χ0) is 35.3. The summed E-state index contributed by atoms with van der Waals surface area (Å²) >= 11 is 3.66. The van der Waals surface area contributed by atoms with Crippen molar-refractivity contribution in [2.75, 3.05) is 0 Å². The van der Waals surface area contributed by atoms with Gasteiger partial charge in [0.15, 0.2) is 17.5 Å². The van der Waals surface area contributed by atoms with E-state index in [1.54, 1.807) is 0 Å². The molecule has 3 heterocycles. The predicted molar refractivity (Wildman–Crippen MR) is 232 cm³/mol. The highest BCUT2D eigenvalue weighted by Gasteiger charge is 2.23. The molecule has 0 atom stereocenters. The van der Waals surface area contributed by atoms with E-state index in [1.165, 1.54) is 83.4 Å². The molecule has 0 aliphatic carbocycles. The predicted octanol–water partition coefficient (Wildman–Crippen LogP) is 14.2. The lowest BCUT2D eigenvalue weighted by atomic mass is 9.89. The van der Waals surface area contributed by atoms with Crippen LogP contribution in [0.2, 0.25) is 0 Å². The lowest BCUT2D eigenvalue weighted by Crippen LogP contribution is -2.01. The Kier molecular flexibility index (Phi) is 6.38. The Morgan fingerprint density at radius 3 is 1.65 bits per heavy atom. The fourth-order valence-electron chi connectivity index (χ4n) is 8.43. The minimum atomic E-state index is 0.660. The molecule has 3 nitrogen and oxygen atoms in total. The van der Waals surface area contributed by atoms with Gasteiger partial charge in [-0.2, -0.15) is 0 Å². The molecule has 5 heteroatoms. The molecule has 0 radical (unpaired) electrons. The number of hydrogen-bond donors (Lipinski definition) is 0. The average Bonchev–Trinajstić information content (AvgIpc) is 3.79. The summed E-state index contributed by atoms with van der Waals surface area (Å²) in [5.74, 6) is 2.00. The fourth-order valence-corrected chi connectivity index (χ4v) is 10.8. The number of thiophene rings is 2. The van der Waals surface area contributed by atoms with E-state index < -0.39 is 0 Å². The van der Waals surface area contributed by atoms with Crippen LogP contribution in [-0.2, 0) is 0 Å². The molecule has 54 heavy (non-hydrogen) atoms. The van der Waals surface area contributed by atoms with Crippen LogP contribution in [0.25, 0.3) is 118 Å². The van der Waals surface area contributed by atoms with Crippen molar-refractivity contribution < 1.29 is 0 Å². The summed E-state index contributed by atoms with van der Waals surface area (Å²) < 4.78 is 4.97. The van der Waals surface area contributed by atoms with E-state index >= 15 is 0 Å². The van der Waals surface area contributed by atoms with Gasteiger partial charge in [0.05, 0.1) is 0 Å². The molecule has 0 unspecified atom stereocenters. The van der Waals surface area contributed by atoms with E-state index in [4.69, 9.17) is 15.0 Å². The lowest BCUT2D eigenvalue weighted by Gasteiger charge is -2.16. The lowest BCUT2D eigenvalue weighted by molar-refractivity contribution is 1.08. The summed E-state index contributed by atoms with van der Waals surface area (Å²) in [6.45, 7) is 0. The third-order valence-corrected chi connectivity index (χ3v) is 13.1. The van der Waals surface area contributed by atoms with Crippen LogP contribution in [-0.4, -0.2) is 15.0 Å². The molecule has 250 valence electrons. The Labute approximate surface area is 317 Å². The van der Waals surface area contributed by atoms with Crippen molar-refractivity contribution in [3.8, 4) is 34.2 Å². The van der Waals surface area contributed by atoms with Crippen LogP contribution in [0.4, 0.5) is 0 Å². The number of benzene rings is 9. The zero-order valence-corrected chi connectivity index (χ0v) is 30.4. The normalized spacial score (nSPS) is 12.1. The van der Waals surface area contributed by atoms with Gasteiger partial charge in [-0.25, -0.2) is 15.0 Å². The van der Waals surface area contributed by atoms with Crippen molar-refractivity contribution in [2.24, 2.45) is 0 Å². The van der Waals surface area contributed by atoms with Crippen LogP contribution in [0.15, 0.2) is 164 Å².